The van der Waals surface area contributed by atoms with Gasteiger partial charge in [-0.2, -0.15) is 13.2 Å². The third kappa shape index (κ3) is 2.57. The maximum Gasteiger partial charge on any atom is 0.390 e. The Morgan fingerprint density at radius 1 is 1.39 bits per heavy atom. The number of anilines is 1. The fraction of sp³-hybridized carbons (Fsp3) is 0.417. The maximum absolute atomic E-state index is 12.4. The molecule has 0 fully saturated rings. The molecule has 98 valence electrons. The Bertz CT molecular complexity index is 459. The Kier molecular flexibility index (Phi) is 3.19. The summed E-state index contributed by atoms with van der Waals surface area (Å²) in [6, 6.07) is 6.69. The van der Waals surface area contributed by atoms with Crippen molar-refractivity contribution in [2.45, 2.75) is 12.6 Å². The minimum Gasteiger partial charge on any atom is -0.491 e. The average molecular weight is 259 g/mol. The molecule has 0 aromatic heterocycles. The first-order valence-electron chi connectivity index (χ1n) is 5.44. The third-order valence-electron chi connectivity index (χ3n) is 2.82. The van der Waals surface area contributed by atoms with E-state index >= 15 is 0 Å². The van der Waals surface area contributed by atoms with Crippen molar-refractivity contribution in [1.82, 2.24) is 0 Å². The smallest absolute Gasteiger partial charge is 0.390 e. The van der Waals surface area contributed by atoms with Crippen LogP contribution < -0.4 is 9.64 Å². The lowest BCUT2D eigenvalue weighted by molar-refractivity contribution is -0.154. The van der Waals surface area contributed by atoms with Crippen LogP contribution in [0.15, 0.2) is 24.3 Å². The number of amides is 1. The lowest BCUT2D eigenvalue weighted by atomic mass is 10.1. The van der Waals surface area contributed by atoms with Gasteiger partial charge in [-0.3, -0.25) is 4.79 Å². The van der Waals surface area contributed by atoms with E-state index in [4.69, 9.17) is 4.74 Å². The molecule has 0 unspecified atom stereocenters. The first-order chi connectivity index (χ1) is 8.38. The van der Waals surface area contributed by atoms with Crippen LogP contribution in [0.5, 0.6) is 5.75 Å². The average Bonchev–Trinajstić information content (AvgIpc) is 2.41. The molecule has 1 aromatic rings. The molecule has 1 aromatic carbocycles. The van der Waals surface area contributed by atoms with E-state index in [0.717, 1.165) is 0 Å². The van der Waals surface area contributed by atoms with Gasteiger partial charge >= 0.3 is 6.18 Å². The predicted molar refractivity (Wildman–Crippen MR) is 59.5 cm³/mol. The summed E-state index contributed by atoms with van der Waals surface area (Å²) in [7, 11) is 1.46. The number of carbonyl (C=O) groups is 1. The van der Waals surface area contributed by atoms with E-state index in [0.29, 0.717) is 11.4 Å². The molecule has 0 aliphatic carbocycles. The molecule has 18 heavy (non-hydrogen) atoms. The topological polar surface area (TPSA) is 29.5 Å². The SMILES string of the molecule is CN1C(=O)[C@@H](CC(F)(F)F)COc2ccccc21. The largest absolute Gasteiger partial charge is 0.491 e. The molecule has 0 saturated carbocycles. The Labute approximate surface area is 102 Å². The van der Waals surface area contributed by atoms with E-state index in [2.05, 4.69) is 0 Å². The van der Waals surface area contributed by atoms with Crippen LogP contribution >= 0.6 is 0 Å². The van der Waals surface area contributed by atoms with Gasteiger partial charge in [-0.05, 0) is 12.1 Å². The van der Waals surface area contributed by atoms with Gasteiger partial charge in [-0.15, -0.1) is 0 Å². The molecule has 0 spiro atoms. The van der Waals surface area contributed by atoms with E-state index in [1.165, 1.54) is 11.9 Å². The molecule has 6 heteroatoms. The Morgan fingerprint density at radius 3 is 2.72 bits per heavy atom. The quantitative estimate of drug-likeness (QED) is 0.775. The second kappa shape index (κ2) is 4.51. The number of carbonyl (C=O) groups excluding carboxylic acids is 1. The van der Waals surface area contributed by atoms with Gasteiger partial charge in [-0.25, -0.2) is 0 Å². The summed E-state index contributed by atoms with van der Waals surface area (Å²) in [6.07, 6.45) is -5.54. The third-order valence-corrected chi connectivity index (χ3v) is 2.82. The molecule has 0 saturated heterocycles. The maximum atomic E-state index is 12.4. The molecular weight excluding hydrogens is 247 g/mol. The fourth-order valence-corrected chi connectivity index (χ4v) is 1.94. The van der Waals surface area contributed by atoms with Gasteiger partial charge in [-0.1, -0.05) is 12.1 Å². The summed E-state index contributed by atoms with van der Waals surface area (Å²) < 4.78 is 42.4. The standard InChI is InChI=1S/C12H12F3NO2/c1-16-9-4-2-3-5-10(9)18-7-8(11(16)17)6-12(13,14)15/h2-5,8H,6-7H2,1H3/t8-/m0/s1. The number of hydrogen-bond acceptors (Lipinski definition) is 2. The molecule has 1 atom stereocenters. The predicted octanol–water partition coefficient (Wildman–Crippen LogP) is 2.61. The lowest BCUT2D eigenvalue weighted by Gasteiger charge is -2.20. The van der Waals surface area contributed by atoms with Crippen LogP contribution in [-0.4, -0.2) is 25.7 Å². The van der Waals surface area contributed by atoms with E-state index < -0.39 is 24.4 Å². The summed E-state index contributed by atoms with van der Waals surface area (Å²) >= 11 is 0. The molecular formula is C12H12F3NO2. The van der Waals surface area contributed by atoms with Gasteiger partial charge < -0.3 is 9.64 Å². The monoisotopic (exact) mass is 259 g/mol. The summed E-state index contributed by atoms with van der Waals surface area (Å²) in [5.74, 6) is -1.34. The van der Waals surface area contributed by atoms with Crippen molar-refractivity contribution in [2.24, 2.45) is 5.92 Å². The number of alkyl halides is 3. The molecule has 0 radical (unpaired) electrons. The molecule has 0 N–H and O–H groups in total. The van der Waals surface area contributed by atoms with Crippen LogP contribution in [0.3, 0.4) is 0 Å². The van der Waals surface area contributed by atoms with Crippen LogP contribution in [0.4, 0.5) is 18.9 Å². The molecule has 1 aliphatic rings. The molecule has 2 rings (SSSR count). The van der Waals surface area contributed by atoms with E-state index in [9.17, 15) is 18.0 Å². The molecule has 1 aliphatic heterocycles. The highest BCUT2D eigenvalue weighted by molar-refractivity contribution is 5.96. The van der Waals surface area contributed by atoms with Gasteiger partial charge in [0.15, 0.2) is 0 Å². The first kappa shape index (κ1) is 12.7. The number of ether oxygens (including phenoxy) is 1. The van der Waals surface area contributed by atoms with Crippen LogP contribution in [0.25, 0.3) is 0 Å². The fourth-order valence-electron chi connectivity index (χ4n) is 1.94. The van der Waals surface area contributed by atoms with E-state index in [-0.39, 0.29) is 6.61 Å². The highest BCUT2D eigenvalue weighted by atomic mass is 19.4. The Hall–Kier alpha value is -1.72. The van der Waals surface area contributed by atoms with Gasteiger partial charge in [0.25, 0.3) is 0 Å². The van der Waals surface area contributed by atoms with Gasteiger partial charge in [0.1, 0.15) is 12.4 Å². The minimum atomic E-state index is -4.37. The highest BCUT2D eigenvalue weighted by Crippen LogP contribution is 2.34. The number of nitrogens with zero attached hydrogens (tertiary/aromatic N) is 1. The summed E-state index contributed by atoms with van der Waals surface area (Å²) in [5.41, 5.74) is 0.493. The van der Waals surface area contributed by atoms with Crippen LogP contribution in [0.2, 0.25) is 0 Å². The second-order valence-corrected chi connectivity index (χ2v) is 4.19. The normalized spacial score (nSPS) is 20.1. The zero-order valence-corrected chi connectivity index (χ0v) is 9.70. The van der Waals surface area contributed by atoms with Crippen molar-refractivity contribution >= 4 is 11.6 Å². The Balaban J connectivity index is 2.26. The van der Waals surface area contributed by atoms with E-state index in [1.807, 2.05) is 0 Å². The zero-order chi connectivity index (χ0) is 13.3. The van der Waals surface area contributed by atoms with Crippen molar-refractivity contribution in [3.05, 3.63) is 24.3 Å². The minimum absolute atomic E-state index is 0.250. The molecule has 3 nitrogen and oxygen atoms in total. The van der Waals surface area contributed by atoms with Crippen molar-refractivity contribution < 1.29 is 22.7 Å². The summed E-state index contributed by atoms with van der Waals surface area (Å²) in [5, 5.41) is 0. The number of rotatable bonds is 1. The van der Waals surface area contributed by atoms with Gasteiger partial charge in [0.05, 0.1) is 18.0 Å². The van der Waals surface area contributed by atoms with Crippen LogP contribution in [0.1, 0.15) is 6.42 Å². The zero-order valence-electron chi connectivity index (χ0n) is 9.70. The summed E-state index contributed by atoms with van der Waals surface area (Å²) in [6.45, 7) is -0.250. The van der Waals surface area contributed by atoms with Crippen molar-refractivity contribution in [3.8, 4) is 5.75 Å². The second-order valence-electron chi connectivity index (χ2n) is 4.19. The molecule has 1 heterocycles. The van der Waals surface area contributed by atoms with E-state index in [1.54, 1.807) is 24.3 Å². The number of hydrogen-bond donors (Lipinski definition) is 0. The number of para-hydroxylation sites is 2. The Morgan fingerprint density at radius 2 is 2.06 bits per heavy atom. The van der Waals surface area contributed by atoms with Crippen molar-refractivity contribution in [3.63, 3.8) is 0 Å². The number of halogens is 3. The van der Waals surface area contributed by atoms with Crippen molar-refractivity contribution in [2.75, 3.05) is 18.6 Å². The highest BCUT2D eigenvalue weighted by Gasteiger charge is 2.38. The molecule has 1 amide bonds. The first-order valence-corrected chi connectivity index (χ1v) is 5.44. The summed E-state index contributed by atoms with van der Waals surface area (Å²) in [4.78, 5) is 13.2. The molecule has 0 bridgehead atoms. The lowest BCUT2D eigenvalue weighted by Crippen LogP contribution is -2.36. The van der Waals surface area contributed by atoms with Crippen LogP contribution in [-0.2, 0) is 4.79 Å². The number of fused-ring (bicyclic) bond motifs is 1. The number of benzene rings is 1. The van der Waals surface area contributed by atoms with Crippen LogP contribution in [0, 0.1) is 5.92 Å². The van der Waals surface area contributed by atoms with Gasteiger partial charge in [0.2, 0.25) is 5.91 Å². The van der Waals surface area contributed by atoms with Gasteiger partial charge in [0, 0.05) is 7.05 Å². The van der Waals surface area contributed by atoms with Crippen molar-refractivity contribution in [1.29, 1.82) is 0 Å².